The van der Waals surface area contributed by atoms with Crippen LogP contribution in [-0.4, -0.2) is 37.7 Å². The van der Waals surface area contributed by atoms with Crippen molar-refractivity contribution in [2.75, 3.05) is 20.7 Å². The molecule has 1 N–H and O–H groups in total. The zero-order chi connectivity index (χ0) is 14.4. The number of methoxy groups -OCH3 is 1. The predicted molar refractivity (Wildman–Crippen MR) is 81.8 cm³/mol. The lowest BCUT2D eigenvalue weighted by molar-refractivity contribution is 0.142. The zero-order valence-electron chi connectivity index (χ0n) is 13.1. The maximum atomic E-state index is 5.22. The first-order chi connectivity index (χ1) is 9.04. The van der Waals surface area contributed by atoms with Crippen LogP contribution in [0.3, 0.4) is 0 Å². The lowest BCUT2D eigenvalue weighted by atomic mass is 9.98. The number of ether oxygens (including phenoxy) is 1. The smallest absolute Gasteiger partial charge is 0.118 e. The molecule has 0 heterocycles. The monoisotopic (exact) mass is 264 g/mol. The molecule has 0 amide bonds. The third kappa shape index (κ3) is 3.95. The molecule has 0 aliphatic rings. The molecule has 0 spiro atoms. The maximum absolute atomic E-state index is 5.22. The number of hydrogen-bond donors (Lipinski definition) is 1. The highest BCUT2D eigenvalue weighted by atomic mass is 16.5. The van der Waals surface area contributed by atoms with Crippen molar-refractivity contribution in [1.29, 1.82) is 0 Å². The summed E-state index contributed by atoms with van der Waals surface area (Å²) in [5.74, 6) is 0.905. The lowest BCUT2D eigenvalue weighted by Gasteiger charge is -2.37. The van der Waals surface area contributed by atoms with Crippen molar-refractivity contribution in [3.63, 3.8) is 0 Å². The van der Waals surface area contributed by atoms with Gasteiger partial charge in [0.25, 0.3) is 0 Å². The molecule has 0 saturated heterocycles. The Balaban J connectivity index is 2.91. The summed E-state index contributed by atoms with van der Waals surface area (Å²) in [5, 5.41) is 3.44. The van der Waals surface area contributed by atoms with Crippen molar-refractivity contribution >= 4 is 0 Å². The number of benzene rings is 1. The summed E-state index contributed by atoms with van der Waals surface area (Å²) in [5.41, 5.74) is 1.30. The van der Waals surface area contributed by atoms with Crippen LogP contribution in [0.15, 0.2) is 24.3 Å². The van der Waals surface area contributed by atoms with Gasteiger partial charge in [0.2, 0.25) is 0 Å². The second kappa shape index (κ2) is 7.51. The SMILES string of the molecule is CCN(C(C)C)C(C)C(NC)c1ccc(OC)cc1. The minimum absolute atomic E-state index is 0.327. The summed E-state index contributed by atoms with van der Waals surface area (Å²) in [6.45, 7) is 10.1. The average Bonchev–Trinajstić information content (AvgIpc) is 2.40. The molecule has 2 atom stereocenters. The fourth-order valence-corrected chi connectivity index (χ4v) is 2.81. The summed E-state index contributed by atoms with van der Waals surface area (Å²) in [7, 11) is 3.73. The van der Waals surface area contributed by atoms with E-state index in [0.29, 0.717) is 18.1 Å². The zero-order valence-corrected chi connectivity index (χ0v) is 13.1. The van der Waals surface area contributed by atoms with Crippen molar-refractivity contribution < 1.29 is 4.74 Å². The molecule has 0 aliphatic carbocycles. The number of nitrogens with one attached hydrogen (secondary N) is 1. The highest BCUT2D eigenvalue weighted by Gasteiger charge is 2.24. The van der Waals surface area contributed by atoms with Gasteiger partial charge in [-0.25, -0.2) is 0 Å². The van der Waals surface area contributed by atoms with E-state index >= 15 is 0 Å². The first kappa shape index (κ1) is 16.0. The van der Waals surface area contributed by atoms with Crippen molar-refractivity contribution in [3.8, 4) is 5.75 Å². The Bertz CT molecular complexity index is 362. The Kier molecular flexibility index (Phi) is 6.32. The fourth-order valence-electron chi connectivity index (χ4n) is 2.81. The van der Waals surface area contributed by atoms with Crippen LogP contribution in [-0.2, 0) is 0 Å². The Labute approximate surface area is 118 Å². The van der Waals surface area contributed by atoms with Crippen molar-refractivity contribution in [1.82, 2.24) is 10.2 Å². The second-order valence-corrected chi connectivity index (χ2v) is 5.20. The van der Waals surface area contributed by atoms with Gasteiger partial charge in [-0.1, -0.05) is 19.1 Å². The molecule has 108 valence electrons. The molecule has 1 rings (SSSR count). The van der Waals surface area contributed by atoms with E-state index in [0.717, 1.165) is 12.3 Å². The Morgan fingerprint density at radius 1 is 1.16 bits per heavy atom. The maximum Gasteiger partial charge on any atom is 0.118 e. The van der Waals surface area contributed by atoms with Gasteiger partial charge in [0.15, 0.2) is 0 Å². The van der Waals surface area contributed by atoms with Gasteiger partial charge >= 0.3 is 0 Å². The van der Waals surface area contributed by atoms with Gasteiger partial charge in [0, 0.05) is 18.1 Å². The van der Waals surface area contributed by atoms with Crippen LogP contribution < -0.4 is 10.1 Å². The van der Waals surface area contributed by atoms with Crippen LogP contribution in [0.4, 0.5) is 0 Å². The van der Waals surface area contributed by atoms with E-state index in [1.165, 1.54) is 5.56 Å². The molecular formula is C16H28N2O. The van der Waals surface area contributed by atoms with Crippen LogP contribution in [0.1, 0.15) is 39.3 Å². The van der Waals surface area contributed by atoms with E-state index in [4.69, 9.17) is 4.74 Å². The summed E-state index contributed by atoms with van der Waals surface area (Å²) in [6.07, 6.45) is 0. The fraction of sp³-hybridized carbons (Fsp3) is 0.625. The van der Waals surface area contributed by atoms with Gasteiger partial charge in [0.05, 0.1) is 7.11 Å². The third-order valence-electron chi connectivity index (χ3n) is 3.82. The van der Waals surface area contributed by atoms with Crippen molar-refractivity contribution in [2.24, 2.45) is 0 Å². The molecular weight excluding hydrogens is 236 g/mol. The number of rotatable bonds is 7. The molecule has 0 fully saturated rings. The summed E-state index contributed by atoms with van der Waals surface area (Å²) >= 11 is 0. The average molecular weight is 264 g/mol. The van der Waals surface area contributed by atoms with Crippen molar-refractivity contribution in [3.05, 3.63) is 29.8 Å². The molecule has 3 heteroatoms. The largest absolute Gasteiger partial charge is 0.497 e. The van der Waals surface area contributed by atoms with Crippen LogP contribution >= 0.6 is 0 Å². The molecule has 19 heavy (non-hydrogen) atoms. The summed E-state index contributed by atoms with van der Waals surface area (Å²) in [6, 6.07) is 9.66. The first-order valence-corrected chi connectivity index (χ1v) is 7.12. The van der Waals surface area contributed by atoms with Gasteiger partial charge in [-0.2, -0.15) is 0 Å². The second-order valence-electron chi connectivity index (χ2n) is 5.20. The van der Waals surface area contributed by atoms with Crippen LogP contribution in [0.2, 0.25) is 0 Å². The molecule has 0 saturated carbocycles. The van der Waals surface area contributed by atoms with Crippen LogP contribution in [0.5, 0.6) is 5.75 Å². The van der Waals surface area contributed by atoms with Crippen molar-refractivity contribution in [2.45, 2.75) is 45.8 Å². The topological polar surface area (TPSA) is 24.5 Å². The molecule has 1 aromatic carbocycles. The van der Waals surface area contributed by atoms with E-state index in [1.807, 2.05) is 19.2 Å². The van der Waals surface area contributed by atoms with E-state index < -0.39 is 0 Å². The quantitative estimate of drug-likeness (QED) is 0.819. The van der Waals surface area contributed by atoms with Gasteiger partial charge in [0.1, 0.15) is 5.75 Å². The lowest BCUT2D eigenvalue weighted by Crippen LogP contribution is -2.45. The minimum atomic E-state index is 0.327. The summed E-state index contributed by atoms with van der Waals surface area (Å²) in [4.78, 5) is 2.51. The van der Waals surface area contributed by atoms with Gasteiger partial charge < -0.3 is 10.1 Å². The van der Waals surface area contributed by atoms with E-state index in [1.54, 1.807) is 7.11 Å². The highest BCUT2D eigenvalue weighted by Crippen LogP contribution is 2.24. The van der Waals surface area contributed by atoms with Crippen LogP contribution in [0.25, 0.3) is 0 Å². The minimum Gasteiger partial charge on any atom is -0.497 e. The Hall–Kier alpha value is -1.06. The number of hydrogen-bond acceptors (Lipinski definition) is 3. The molecule has 0 aromatic heterocycles. The Morgan fingerprint density at radius 3 is 2.11 bits per heavy atom. The van der Waals surface area contributed by atoms with Gasteiger partial charge in [-0.05, 0) is 52.1 Å². The van der Waals surface area contributed by atoms with E-state index in [9.17, 15) is 0 Å². The molecule has 1 aromatic rings. The highest BCUT2D eigenvalue weighted by molar-refractivity contribution is 5.29. The number of likely N-dealkylation sites (N-methyl/N-ethyl adjacent to an activating group) is 2. The Morgan fingerprint density at radius 2 is 1.74 bits per heavy atom. The van der Waals surface area contributed by atoms with Gasteiger partial charge in [-0.3, -0.25) is 4.90 Å². The van der Waals surface area contributed by atoms with E-state index in [-0.39, 0.29) is 0 Å². The standard InChI is InChI=1S/C16H28N2O/c1-7-18(12(2)3)13(4)16(17-5)14-8-10-15(19-6)11-9-14/h8-13,16-17H,7H2,1-6H3. The molecule has 0 bridgehead atoms. The normalized spacial score (nSPS) is 14.7. The molecule has 2 unspecified atom stereocenters. The van der Waals surface area contributed by atoms with E-state index in [2.05, 4.69) is 50.0 Å². The van der Waals surface area contributed by atoms with Gasteiger partial charge in [-0.15, -0.1) is 0 Å². The van der Waals surface area contributed by atoms with Crippen LogP contribution in [0, 0.1) is 0 Å². The molecule has 3 nitrogen and oxygen atoms in total. The molecule has 0 radical (unpaired) electrons. The predicted octanol–water partition coefficient (Wildman–Crippen LogP) is 3.07. The number of nitrogens with zero attached hydrogens (tertiary/aromatic N) is 1. The first-order valence-electron chi connectivity index (χ1n) is 7.12. The third-order valence-corrected chi connectivity index (χ3v) is 3.82. The molecule has 0 aliphatic heterocycles. The summed E-state index contributed by atoms with van der Waals surface area (Å²) < 4.78 is 5.22.